The lowest BCUT2D eigenvalue weighted by molar-refractivity contribution is 0.257. The quantitative estimate of drug-likeness (QED) is 0.355. The predicted octanol–water partition coefficient (Wildman–Crippen LogP) is 2.54. The second-order valence-electron chi connectivity index (χ2n) is 8.37. The van der Waals surface area contributed by atoms with Crippen LogP contribution < -0.4 is 10.2 Å². The number of halogens is 1. The Balaban J connectivity index is 0.00000256. The zero-order chi connectivity index (χ0) is 19.9. The molecule has 2 aliphatic heterocycles. The van der Waals surface area contributed by atoms with E-state index >= 15 is 0 Å². The topological polar surface area (TPSA) is 59.9 Å². The Morgan fingerprint density at radius 2 is 1.83 bits per heavy atom. The number of anilines is 1. The Kier molecular flexibility index (Phi) is 9.31. The number of nitrogens with zero attached hydrogens (tertiary/aromatic N) is 6. The van der Waals surface area contributed by atoms with Crippen LogP contribution in [-0.2, 0) is 0 Å². The largest absolute Gasteiger partial charge is 0.355 e. The molecule has 2 saturated heterocycles. The van der Waals surface area contributed by atoms with E-state index in [9.17, 15) is 0 Å². The van der Waals surface area contributed by atoms with Gasteiger partial charge in [-0.3, -0.25) is 9.89 Å². The number of piperazine rings is 1. The van der Waals surface area contributed by atoms with E-state index < -0.39 is 0 Å². The maximum absolute atomic E-state index is 4.60. The first-order valence-corrected chi connectivity index (χ1v) is 12.1. The first kappa shape index (κ1) is 23.8. The van der Waals surface area contributed by atoms with Crippen LogP contribution in [0.15, 0.2) is 23.5 Å². The number of rotatable bonds is 4. The molecule has 0 bridgehead atoms. The van der Waals surface area contributed by atoms with Gasteiger partial charge in [-0.15, -0.1) is 24.0 Å². The molecule has 1 aromatic rings. The molecular formula is C21H36IN7S. The molecule has 7 nitrogen and oxygen atoms in total. The summed E-state index contributed by atoms with van der Waals surface area (Å²) in [5.74, 6) is 3.17. The van der Waals surface area contributed by atoms with E-state index in [1.54, 1.807) is 0 Å². The van der Waals surface area contributed by atoms with Crippen LogP contribution in [0, 0.1) is 0 Å². The summed E-state index contributed by atoms with van der Waals surface area (Å²) in [4.78, 5) is 20.7. The highest BCUT2D eigenvalue weighted by Crippen LogP contribution is 2.42. The van der Waals surface area contributed by atoms with Gasteiger partial charge in [0, 0.05) is 82.3 Å². The van der Waals surface area contributed by atoms with Gasteiger partial charge < -0.3 is 15.1 Å². The van der Waals surface area contributed by atoms with E-state index in [0.717, 1.165) is 64.3 Å². The summed E-state index contributed by atoms with van der Waals surface area (Å²) >= 11 is 2.22. The highest BCUT2D eigenvalue weighted by Gasteiger charge is 2.38. The maximum atomic E-state index is 4.60. The van der Waals surface area contributed by atoms with Gasteiger partial charge >= 0.3 is 0 Å². The average Bonchev–Trinajstić information content (AvgIpc) is 2.78. The first-order chi connectivity index (χ1) is 14.3. The third-order valence-electron chi connectivity index (χ3n) is 6.44. The van der Waals surface area contributed by atoms with Gasteiger partial charge in [-0.25, -0.2) is 9.97 Å². The molecule has 4 rings (SSSR count). The summed E-state index contributed by atoms with van der Waals surface area (Å²) in [7, 11) is 1.93. The molecule has 1 saturated carbocycles. The number of thioether (sulfide) groups is 1. The highest BCUT2D eigenvalue weighted by atomic mass is 127. The molecule has 3 fully saturated rings. The third kappa shape index (κ3) is 6.12. The maximum Gasteiger partial charge on any atom is 0.225 e. The van der Waals surface area contributed by atoms with Crippen molar-refractivity contribution in [3.8, 4) is 0 Å². The van der Waals surface area contributed by atoms with Gasteiger partial charge in [0.2, 0.25) is 5.95 Å². The molecule has 0 aromatic carbocycles. The SMILES string of the molecule is CN=C(NCCN1CCN(c2ncccn2)CC1)N1CCSC2(CCCCC2)C1.I. The smallest absolute Gasteiger partial charge is 0.225 e. The second-order valence-corrected chi connectivity index (χ2v) is 9.93. The minimum atomic E-state index is 0. The van der Waals surface area contributed by atoms with Crippen LogP contribution in [0.1, 0.15) is 32.1 Å². The number of nitrogens with one attached hydrogen (secondary N) is 1. The fourth-order valence-electron chi connectivity index (χ4n) is 4.81. The number of aliphatic imine (C=N–C) groups is 1. The number of hydrogen-bond donors (Lipinski definition) is 1. The van der Waals surface area contributed by atoms with Gasteiger partial charge in [0.15, 0.2) is 5.96 Å². The molecule has 0 unspecified atom stereocenters. The van der Waals surface area contributed by atoms with E-state index in [4.69, 9.17) is 0 Å². The van der Waals surface area contributed by atoms with Crippen molar-refractivity contribution in [2.24, 2.45) is 4.99 Å². The van der Waals surface area contributed by atoms with Crippen molar-refractivity contribution >= 4 is 47.6 Å². The van der Waals surface area contributed by atoms with Crippen LogP contribution in [0.3, 0.4) is 0 Å². The van der Waals surface area contributed by atoms with Crippen LogP contribution >= 0.6 is 35.7 Å². The molecule has 3 heterocycles. The average molecular weight is 546 g/mol. The van der Waals surface area contributed by atoms with Crippen molar-refractivity contribution in [2.75, 3.05) is 70.1 Å². The van der Waals surface area contributed by atoms with E-state index in [2.05, 4.69) is 46.7 Å². The van der Waals surface area contributed by atoms with Crippen LogP contribution in [0.2, 0.25) is 0 Å². The Morgan fingerprint density at radius 3 is 2.53 bits per heavy atom. The fourth-order valence-corrected chi connectivity index (χ4v) is 6.38. The van der Waals surface area contributed by atoms with Crippen molar-refractivity contribution in [1.29, 1.82) is 0 Å². The van der Waals surface area contributed by atoms with Crippen LogP contribution in [0.4, 0.5) is 5.95 Å². The van der Waals surface area contributed by atoms with Gasteiger partial charge in [0.1, 0.15) is 0 Å². The summed E-state index contributed by atoms with van der Waals surface area (Å²) in [5, 5.41) is 3.64. The Morgan fingerprint density at radius 1 is 1.10 bits per heavy atom. The second kappa shape index (κ2) is 11.7. The monoisotopic (exact) mass is 545 g/mol. The fraction of sp³-hybridized carbons (Fsp3) is 0.762. The summed E-state index contributed by atoms with van der Waals surface area (Å²) < 4.78 is 0.476. The molecule has 168 valence electrons. The summed E-state index contributed by atoms with van der Waals surface area (Å²) in [6.07, 6.45) is 10.6. The van der Waals surface area contributed by atoms with Crippen molar-refractivity contribution in [3.05, 3.63) is 18.5 Å². The summed E-state index contributed by atoms with van der Waals surface area (Å²) in [6.45, 7) is 8.37. The van der Waals surface area contributed by atoms with E-state index in [0.29, 0.717) is 4.75 Å². The first-order valence-electron chi connectivity index (χ1n) is 11.1. The van der Waals surface area contributed by atoms with Crippen molar-refractivity contribution < 1.29 is 0 Å². The lowest BCUT2D eigenvalue weighted by atomic mass is 9.87. The molecule has 1 aromatic heterocycles. The molecule has 1 spiro atoms. The normalized spacial score (nSPS) is 22.6. The minimum absolute atomic E-state index is 0. The lowest BCUT2D eigenvalue weighted by Gasteiger charge is -2.45. The van der Waals surface area contributed by atoms with Crippen LogP contribution in [0.5, 0.6) is 0 Å². The highest BCUT2D eigenvalue weighted by molar-refractivity contribution is 14.0. The molecule has 0 radical (unpaired) electrons. The Bertz CT molecular complexity index is 655. The van der Waals surface area contributed by atoms with Gasteiger partial charge in [0.25, 0.3) is 0 Å². The Labute approximate surface area is 202 Å². The molecule has 0 amide bonds. The summed E-state index contributed by atoms with van der Waals surface area (Å²) in [5.41, 5.74) is 0. The molecule has 0 atom stereocenters. The molecule has 3 aliphatic rings. The zero-order valence-corrected chi connectivity index (χ0v) is 21.3. The zero-order valence-electron chi connectivity index (χ0n) is 18.1. The van der Waals surface area contributed by atoms with Crippen molar-refractivity contribution in [2.45, 2.75) is 36.9 Å². The van der Waals surface area contributed by atoms with Gasteiger partial charge in [0.05, 0.1) is 0 Å². The van der Waals surface area contributed by atoms with E-state index in [-0.39, 0.29) is 24.0 Å². The van der Waals surface area contributed by atoms with E-state index in [1.807, 2.05) is 25.5 Å². The van der Waals surface area contributed by atoms with Crippen molar-refractivity contribution in [3.63, 3.8) is 0 Å². The van der Waals surface area contributed by atoms with Gasteiger partial charge in [-0.1, -0.05) is 19.3 Å². The number of hydrogen-bond acceptors (Lipinski definition) is 6. The molecule has 1 N–H and O–H groups in total. The molecule has 1 aliphatic carbocycles. The molecular weight excluding hydrogens is 509 g/mol. The van der Waals surface area contributed by atoms with Crippen LogP contribution in [0.25, 0.3) is 0 Å². The molecule has 9 heteroatoms. The van der Waals surface area contributed by atoms with E-state index in [1.165, 1.54) is 37.9 Å². The predicted molar refractivity (Wildman–Crippen MR) is 137 cm³/mol. The van der Waals surface area contributed by atoms with Gasteiger partial charge in [-0.2, -0.15) is 11.8 Å². The molecule has 30 heavy (non-hydrogen) atoms. The number of aromatic nitrogens is 2. The third-order valence-corrected chi connectivity index (χ3v) is 7.98. The lowest BCUT2D eigenvalue weighted by Crippen LogP contribution is -2.54. The number of guanidine groups is 1. The standard InChI is InChI=1S/C21H35N7S.HI/c1-22-19(28-16-17-29-21(18-28)6-3-2-4-7-21)25-10-11-26-12-14-27(15-13-26)20-23-8-5-9-24-20;/h5,8-9H,2-4,6-7,10-18H2,1H3,(H,22,25);1H. The van der Waals surface area contributed by atoms with Gasteiger partial charge in [-0.05, 0) is 18.9 Å². The van der Waals surface area contributed by atoms with Crippen molar-refractivity contribution in [1.82, 2.24) is 25.1 Å². The summed E-state index contributed by atoms with van der Waals surface area (Å²) in [6, 6.07) is 1.87. The Hall–Kier alpha value is -0.810. The minimum Gasteiger partial charge on any atom is -0.355 e. The van der Waals surface area contributed by atoms with Crippen LogP contribution in [-0.4, -0.2) is 95.6 Å².